The molecule has 0 spiro atoms. The van der Waals surface area contributed by atoms with Crippen molar-refractivity contribution in [2.75, 3.05) is 39.4 Å². The van der Waals surface area contributed by atoms with Gasteiger partial charge in [-0.2, -0.15) is 0 Å². The van der Waals surface area contributed by atoms with E-state index in [1.54, 1.807) is 0 Å². The molecular weight excluding hydrogens is 351 g/mol. The molecule has 2 N–H and O–H groups in total. The molecule has 2 saturated heterocycles. The maximum atomic E-state index is 13.9. The quantitative estimate of drug-likeness (QED) is 0.855. The average Bonchev–Trinajstić information content (AvgIpc) is 2.54. The van der Waals surface area contributed by atoms with E-state index in [0.29, 0.717) is 16.0 Å². The van der Waals surface area contributed by atoms with Crippen LogP contribution in [0.4, 0.5) is 4.39 Å². The minimum atomic E-state index is -0.313. The van der Waals surface area contributed by atoms with Gasteiger partial charge in [-0.1, -0.05) is 0 Å². The Balaban J connectivity index is 1.96. The van der Waals surface area contributed by atoms with Crippen molar-refractivity contribution in [3.05, 3.63) is 28.0 Å². The van der Waals surface area contributed by atoms with Crippen LogP contribution in [0.5, 0.6) is 5.75 Å². The Morgan fingerprint density at radius 2 is 1.95 bits per heavy atom. The number of hydrogen-bond donors (Lipinski definition) is 2. The predicted molar refractivity (Wildman–Crippen MR) is 86.5 cm³/mol. The molecule has 1 aromatic rings. The Morgan fingerprint density at radius 1 is 1.27 bits per heavy atom. The van der Waals surface area contributed by atoms with Gasteiger partial charge in [-0.15, -0.1) is 0 Å². The Labute approximate surface area is 138 Å². The molecule has 0 unspecified atom stereocenters. The van der Waals surface area contributed by atoms with Crippen molar-refractivity contribution < 1.29 is 14.2 Å². The SMILES string of the molecule is Oc1c(Br)cc(F)cc1[C@@H](C1CCOCC1)N1CCNCC1. The highest BCUT2D eigenvalue weighted by molar-refractivity contribution is 9.10. The highest BCUT2D eigenvalue weighted by Gasteiger charge is 2.33. The van der Waals surface area contributed by atoms with E-state index in [4.69, 9.17) is 4.74 Å². The minimum Gasteiger partial charge on any atom is -0.506 e. The highest BCUT2D eigenvalue weighted by Crippen LogP contribution is 2.42. The van der Waals surface area contributed by atoms with Gasteiger partial charge in [-0.25, -0.2) is 4.39 Å². The maximum absolute atomic E-state index is 13.9. The third kappa shape index (κ3) is 3.45. The van der Waals surface area contributed by atoms with Crippen LogP contribution in [-0.4, -0.2) is 49.4 Å². The van der Waals surface area contributed by atoms with Crippen LogP contribution in [0.1, 0.15) is 24.4 Å². The molecule has 1 aromatic carbocycles. The van der Waals surface area contributed by atoms with Crippen LogP contribution in [0.2, 0.25) is 0 Å². The molecule has 0 radical (unpaired) electrons. The Bertz CT molecular complexity index is 499. The largest absolute Gasteiger partial charge is 0.506 e. The molecule has 1 atom stereocenters. The minimum absolute atomic E-state index is 0.0398. The molecule has 2 aliphatic rings. The Morgan fingerprint density at radius 3 is 2.64 bits per heavy atom. The van der Waals surface area contributed by atoms with E-state index in [2.05, 4.69) is 26.1 Å². The fourth-order valence-electron chi connectivity index (χ4n) is 3.55. The molecule has 4 nitrogen and oxygen atoms in total. The van der Waals surface area contributed by atoms with Gasteiger partial charge in [0, 0.05) is 51.0 Å². The summed E-state index contributed by atoms with van der Waals surface area (Å²) in [6.45, 7) is 5.16. The van der Waals surface area contributed by atoms with Crippen LogP contribution in [0.3, 0.4) is 0 Å². The molecule has 122 valence electrons. The molecule has 0 amide bonds. The van der Waals surface area contributed by atoms with E-state index in [0.717, 1.165) is 52.2 Å². The molecule has 0 aliphatic carbocycles. The van der Waals surface area contributed by atoms with Crippen LogP contribution < -0.4 is 5.32 Å². The lowest BCUT2D eigenvalue weighted by Gasteiger charge is -2.41. The van der Waals surface area contributed by atoms with Gasteiger partial charge in [-0.05, 0) is 46.8 Å². The van der Waals surface area contributed by atoms with Gasteiger partial charge in [0.2, 0.25) is 0 Å². The summed E-state index contributed by atoms with van der Waals surface area (Å²) in [6.07, 6.45) is 1.89. The number of nitrogens with one attached hydrogen (secondary N) is 1. The van der Waals surface area contributed by atoms with Crippen molar-refractivity contribution >= 4 is 15.9 Å². The van der Waals surface area contributed by atoms with Gasteiger partial charge < -0.3 is 15.2 Å². The van der Waals surface area contributed by atoms with Crippen LogP contribution in [-0.2, 0) is 4.74 Å². The van der Waals surface area contributed by atoms with Gasteiger partial charge in [-0.3, -0.25) is 4.90 Å². The molecule has 0 saturated carbocycles. The van der Waals surface area contributed by atoms with E-state index in [9.17, 15) is 9.50 Å². The normalized spacial score (nSPS) is 22.6. The molecule has 22 heavy (non-hydrogen) atoms. The zero-order valence-electron chi connectivity index (χ0n) is 12.5. The van der Waals surface area contributed by atoms with Crippen molar-refractivity contribution in [3.63, 3.8) is 0 Å². The topological polar surface area (TPSA) is 44.7 Å². The summed E-state index contributed by atoms with van der Waals surface area (Å²) in [4.78, 5) is 2.37. The second-order valence-electron chi connectivity index (χ2n) is 6.01. The summed E-state index contributed by atoms with van der Waals surface area (Å²) in [5, 5.41) is 13.8. The first-order chi connectivity index (χ1) is 10.7. The van der Waals surface area contributed by atoms with Crippen molar-refractivity contribution in [1.29, 1.82) is 0 Å². The van der Waals surface area contributed by atoms with E-state index in [1.165, 1.54) is 12.1 Å². The fourth-order valence-corrected chi connectivity index (χ4v) is 4.00. The highest BCUT2D eigenvalue weighted by atomic mass is 79.9. The third-order valence-electron chi connectivity index (χ3n) is 4.63. The van der Waals surface area contributed by atoms with Gasteiger partial charge in [0.25, 0.3) is 0 Å². The fraction of sp³-hybridized carbons (Fsp3) is 0.625. The van der Waals surface area contributed by atoms with Crippen molar-refractivity contribution in [3.8, 4) is 5.75 Å². The van der Waals surface area contributed by atoms with Crippen LogP contribution in [0.15, 0.2) is 16.6 Å². The number of rotatable bonds is 3. The number of phenolic OH excluding ortho intramolecular Hbond substituents is 1. The molecule has 6 heteroatoms. The first kappa shape index (κ1) is 16.2. The van der Waals surface area contributed by atoms with E-state index < -0.39 is 0 Å². The number of benzene rings is 1. The smallest absolute Gasteiger partial charge is 0.134 e. The molecule has 2 fully saturated rings. The van der Waals surface area contributed by atoms with Gasteiger partial charge in [0.05, 0.1) is 4.47 Å². The number of ether oxygens (including phenoxy) is 1. The summed E-state index contributed by atoms with van der Waals surface area (Å²) in [6, 6.07) is 2.85. The maximum Gasteiger partial charge on any atom is 0.134 e. The number of piperazine rings is 1. The van der Waals surface area contributed by atoms with Crippen molar-refractivity contribution in [1.82, 2.24) is 10.2 Å². The number of aromatic hydroxyl groups is 1. The summed E-state index contributed by atoms with van der Waals surface area (Å²) in [5.41, 5.74) is 0.695. The van der Waals surface area contributed by atoms with Crippen LogP contribution in [0, 0.1) is 11.7 Å². The number of halogens is 2. The zero-order valence-corrected chi connectivity index (χ0v) is 14.1. The van der Waals surface area contributed by atoms with E-state index >= 15 is 0 Å². The van der Waals surface area contributed by atoms with Gasteiger partial charge in [0.1, 0.15) is 11.6 Å². The van der Waals surface area contributed by atoms with Crippen LogP contribution in [0.25, 0.3) is 0 Å². The number of nitrogens with zero attached hydrogens (tertiary/aromatic N) is 1. The summed E-state index contributed by atoms with van der Waals surface area (Å²) in [5.74, 6) is 0.231. The Hall–Kier alpha value is -0.690. The molecule has 0 bridgehead atoms. The van der Waals surface area contributed by atoms with Crippen molar-refractivity contribution in [2.24, 2.45) is 5.92 Å². The summed E-state index contributed by atoms with van der Waals surface area (Å²) < 4.78 is 19.8. The first-order valence-electron chi connectivity index (χ1n) is 7.87. The number of phenols is 1. The van der Waals surface area contributed by atoms with Crippen molar-refractivity contribution in [2.45, 2.75) is 18.9 Å². The third-order valence-corrected chi connectivity index (χ3v) is 5.24. The van der Waals surface area contributed by atoms with E-state index in [-0.39, 0.29) is 17.6 Å². The van der Waals surface area contributed by atoms with Crippen LogP contribution >= 0.6 is 15.9 Å². The van der Waals surface area contributed by atoms with E-state index in [1.807, 2.05) is 0 Å². The lowest BCUT2D eigenvalue weighted by Crippen LogP contribution is -2.47. The summed E-state index contributed by atoms with van der Waals surface area (Å²) >= 11 is 3.27. The molecule has 2 aliphatic heterocycles. The monoisotopic (exact) mass is 372 g/mol. The van der Waals surface area contributed by atoms with Gasteiger partial charge >= 0.3 is 0 Å². The molecular formula is C16H22BrFN2O2. The molecule has 2 heterocycles. The molecule has 0 aromatic heterocycles. The standard InChI is InChI=1S/C16H22BrFN2O2/c17-14-10-12(18)9-13(16(14)21)15(11-1-7-22-8-2-11)20-5-3-19-4-6-20/h9-11,15,19,21H,1-8H2/t15-/m1/s1. The Kier molecular flexibility index (Phi) is 5.33. The molecule has 3 rings (SSSR count). The zero-order chi connectivity index (χ0) is 15.5. The average molecular weight is 373 g/mol. The lowest BCUT2D eigenvalue weighted by molar-refractivity contribution is 0.0205. The first-order valence-corrected chi connectivity index (χ1v) is 8.66. The second-order valence-corrected chi connectivity index (χ2v) is 6.86. The second kappa shape index (κ2) is 7.25. The van der Waals surface area contributed by atoms with Gasteiger partial charge in [0.15, 0.2) is 0 Å². The number of hydrogen-bond acceptors (Lipinski definition) is 4. The predicted octanol–water partition coefficient (Wildman–Crippen LogP) is 2.67. The summed E-state index contributed by atoms with van der Waals surface area (Å²) in [7, 11) is 0. The lowest BCUT2D eigenvalue weighted by atomic mass is 9.85.